The maximum Gasteiger partial charge on any atom is 0.340 e. The molecule has 2 aliphatic heterocycles. The number of benzene rings is 3. The van der Waals surface area contributed by atoms with Crippen molar-refractivity contribution in [1.82, 2.24) is 20.7 Å². The van der Waals surface area contributed by atoms with Crippen LogP contribution < -0.4 is 20.5 Å². The zero-order valence-corrected chi connectivity index (χ0v) is 23.5. The monoisotopic (exact) mass is 540 g/mol. The minimum atomic E-state index is -0.176. The second-order valence-electron chi connectivity index (χ2n) is 10.8. The van der Waals surface area contributed by atoms with E-state index in [4.69, 9.17) is 0 Å². The number of hydrogen-bond donors (Lipinski definition) is 2. The number of piperazine rings is 1. The van der Waals surface area contributed by atoms with Crippen molar-refractivity contribution >= 4 is 23.3 Å². The van der Waals surface area contributed by atoms with Crippen LogP contribution in [0.1, 0.15) is 37.3 Å². The second-order valence-corrected chi connectivity index (χ2v) is 10.8. The lowest BCUT2D eigenvalue weighted by molar-refractivity contribution is -0.123. The molecule has 40 heavy (non-hydrogen) atoms. The fraction of sp³-hybridized carbons (Fsp3) is 0.375. The van der Waals surface area contributed by atoms with E-state index in [0.29, 0.717) is 13.2 Å². The van der Waals surface area contributed by atoms with E-state index in [1.165, 1.54) is 5.69 Å². The van der Waals surface area contributed by atoms with Gasteiger partial charge in [0, 0.05) is 50.1 Å². The molecule has 0 radical (unpaired) electrons. The zero-order chi connectivity index (χ0) is 27.9. The summed E-state index contributed by atoms with van der Waals surface area (Å²) in [5, 5.41) is 4.82. The Bertz CT molecular complexity index is 1240. The first kappa shape index (κ1) is 27.7. The predicted molar refractivity (Wildman–Crippen MR) is 160 cm³/mol. The van der Waals surface area contributed by atoms with Crippen molar-refractivity contribution in [3.05, 3.63) is 96.1 Å². The van der Waals surface area contributed by atoms with Gasteiger partial charge < -0.3 is 10.2 Å². The van der Waals surface area contributed by atoms with Gasteiger partial charge in [0.25, 0.3) is 0 Å². The number of carbonyl (C=O) groups excluding carboxylic acids is 2. The molecule has 1 unspecified atom stereocenters. The fourth-order valence-corrected chi connectivity index (χ4v) is 5.44. The van der Waals surface area contributed by atoms with Crippen LogP contribution in [0.15, 0.2) is 84.9 Å². The first-order valence-electron chi connectivity index (χ1n) is 14.3. The standard InChI is InChI=1S/C32H40N6O2/c1-25(2)38-32(40)37(24-34-38)29-15-13-28(14-16-29)36-21-19-35(20-22-36)18-17-30(27-11-7-4-8-12-27)31(39)33-23-26-9-5-3-6-10-26/h3-16,25,30,34H,17-24H2,1-2H3,(H,33,39). The lowest BCUT2D eigenvalue weighted by Gasteiger charge is -2.36. The number of hydrazine groups is 1. The van der Waals surface area contributed by atoms with Crippen molar-refractivity contribution in [1.29, 1.82) is 0 Å². The number of rotatable bonds is 10. The summed E-state index contributed by atoms with van der Waals surface area (Å²) < 4.78 is 0. The SMILES string of the molecule is CC(C)N1NCN(c2ccc(N3CCN(CCC(C(=O)NCc4ccccc4)c4ccccc4)CC3)cc2)C1=O. The first-order chi connectivity index (χ1) is 19.5. The molecular formula is C32H40N6O2. The Kier molecular flexibility index (Phi) is 8.98. The van der Waals surface area contributed by atoms with Crippen LogP contribution in [-0.2, 0) is 11.3 Å². The third-order valence-corrected chi connectivity index (χ3v) is 7.81. The van der Waals surface area contributed by atoms with Crippen molar-refractivity contribution in [3.63, 3.8) is 0 Å². The third-order valence-electron chi connectivity index (χ3n) is 7.81. The largest absolute Gasteiger partial charge is 0.369 e. The fourth-order valence-electron chi connectivity index (χ4n) is 5.44. The molecule has 2 heterocycles. The summed E-state index contributed by atoms with van der Waals surface area (Å²) in [4.78, 5) is 32.5. The Hall–Kier alpha value is -3.88. The Morgan fingerprint density at radius 1 is 0.850 bits per heavy atom. The van der Waals surface area contributed by atoms with E-state index >= 15 is 0 Å². The highest BCUT2D eigenvalue weighted by Gasteiger charge is 2.31. The molecule has 0 bridgehead atoms. The van der Waals surface area contributed by atoms with Crippen LogP contribution in [0.4, 0.5) is 16.2 Å². The molecule has 3 aromatic rings. The smallest absolute Gasteiger partial charge is 0.340 e. The molecule has 8 heteroatoms. The molecular weight excluding hydrogens is 500 g/mol. The van der Waals surface area contributed by atoms with Crippen molar-refractivity contribution in [3.8, 4) is 0 Å². The Morgan fingerprint density at radius 3 is 2.10 bits per heavy atom. The molecule has 2 saturated heterocycles. The van der Waals surface area contributed by atoms with Crippen LogP contribution in [0.2, 0.25) is 0 Å². The maximum atomic E-state index is 13.3. The molecule has 210 valence electrons. The predicted octanol–water partition coefficient (Wildman–Crippen LogP) is 4.41. The van der Waals surface area contributed by atoms with E-state index in [2.05, 4.69) is 44.8 Å². The minimum Gasteiger partial charge on any atom is -0.369 e. The Labute approximate surface area is 237 Å². The van der Waals surface area contributed by atoms with Gasteiger partial charge in [-0.25, -0.2) is 10.2 Å². The molecule has 2 fully saturated rings. The second kappa shape index (κ2) is 13.0. The molecule has 8 nitrogen and oxygen atoms in total. The van der Waals surface area contributed by atoms with E-state index in [1.54, 1.807) is 9.91 Å². The van der Waals surface area contributed by atoms with Gasteiger partial charge in [-0.2, -0.15) is 0 Å². The number of hydrogen-bond acceptors (Lipinski definition) is 5. The topological polar surface area (TPSA) is 71.2 Å². The number of nitrogens with zero attached hydrogens (tertiary/aromatic N) is 4. The van der Waals surface area contributed by atoms with Gasteiger partial charge in [0.15, 0.2) is 0 Å². The molecule has 2 N–H and O–H groups in total. The Morgan fingerprint density at radius 2 is 1.48 bits per heavy atom. The Balaban J connectivity index is 1.13. The third kappa shape index (κ3) is 6.63. The van der Waals surface area contributed by atoms with Crippen LogP contribution in [0.5, 0.6) is 0 Å². The van der Waals surface area contributed by atoms with Gasteiger partial charge in [-0.15, -0.1) is 0 Å². The van der Waals surface area contributed by atoms with E-state index in [-0.39, 0.29) is 23.9 Å². The van der Waals surface area contributed by atoms with Gasteiger partial charge in [-0.05, 0) is 62.2 Å². The highest BCUT2D eigenvalue weighted by atomic mass is 16.2. The van der Waals surface area contributed by atoms with Crippen LogP contribution in [0.25, 0.3) is 0 Å². The van der Waals surface area contributed by atoms with Crippen molar-refractivity contribution < 1.29 is 9.59 Å². The maximum absolute atomic E-state index is 13.3. The lowest BCUT2D eigenvalue weighted by Crippen LogP contribution is -2.47. The molecule has 3 aromatic carbocycles. The van der Waals surface area contributed by atoms with Crippen LogP contribution in [0.3, 0.4) is 0 Å². The molecule has 0 aromatic heterocycles. The van der Waals surface area contributed by atoms with Gasteiger partial charge >= 0.3 is 6.03 Å². The quantitative estimate of drug-likeness (QED) is 0.399. The van der Waals surface area contributed by atoms with Gasteiger partial charge in [0.2, 0.25) is 5.91 Å². The minimum absolute atomic E-state index is 0.0149. The number of amides is 3. The highest BCUT2D eigenvalue weighted by Crippen LogP contribution is 2.25. The van der Waals surface area contributed by atoms with Crippen LogP contribution in [0, 0.1) is 0 Å². The molecule has 2 aliphatic rings. The molecule has 1 atom stereocenters. The lowest BCUT2D eigenvalue weighted by atomic mass is 9.94. The van der Waals surface area contributed by atoms with Gasteiger partial charge in [-0.3, -0.25) is 19.6 Å². The molecule has 0 aliphatic carbocycles. The van der Waals surface area contributed by atoms with Gasteiger partial charge in [0.05, 0.1) is 12.6 Å². The van der Waals surface area contributed by atoms with E-state index in [0.717, 1.165) is 56.0 Å². The summed E-state index contributed by atoms with van der Waals surface area (Å²) in [6, 6.07) is 28.6. The average molecular weight is 541 g/mol. The summed E-state index contributed by atoms with van der Waals surface area (Å²) in [6.07, 6.45) is 0.782. The number of nitrogens with one attached hydrogen (secondary N) is 2. The van der Waals surface area contributed by atoms with Crippen molar-refractivity contribution in [2.45, 2.75) is 38.8 Å². The molecule has 0 saturated carbocycles. The van der Waals surface area contributed by atoms with E-state index in [1.807, 2.05) is 74.5 Å². The highest BCUT2D eigenvalue weighted by molar-refractivity contribution is 5.93. The van der Waals surface area contributed by atoms with Crippen molar-refractivity contribution in [2.75, 3.05) is 49.2 Å². The molecule has 3 amide bonds. The van der Waals surface area contributed by atoms with Gasteiger partial charge in [-0.1, -0.05) is 60.7 Å². The van der Waals surface area contributed by atoms with E-state index < -0.39 is 0 Å². The number of anilines is 2. The first-order valence-corrected chi connectivity index (χ1v) is 14.3. The van der Waals surface area contributed by atoms with Crippen LogP contribution in [-0.4, -0.2) is 67.3 Å². The number of urea groups is 1. The van der Waals surface area contributed by atoms with Gasteiger partial charge in [0.1, 0.15) is 0 Å². The normalized spacial score (nSPS) is 17.0. The summed E-state index contributed by atoms with van der Waals surface area (Å²) in [7, 11) is 0. The average Bonchev–Trinajstić information content (AvgIpc) is 3.39. The number of carbonyl (C=O) groups is 2. The van der Waals surface area contributed by atoms with E-state index in [9.17, 15) is 9.59 Å². The summed E-state index contributed by atoms with van der Waals surface area (Å²) >= 11 is 0. The molecule has 0 spiro atoms. The summed E-state index contributed by atoms with van der Waals surface area (Å²) in [6.45, 7) is 9.67. The van der Waals surface area contributed by atoms with Crippen molar-refractivity contribution in [2.24, 2.45) is 0 Å². The summed E-state index contributed by atoms with van der Waals surface area (Å²) in [5.41, 5.74) is 7.40. The molecule has 5 rings (SSSR count). The van der Waals surface area contributed by atoms with Crippen LogP contribution >= 0.6 is 0 Å². The zero-order valence-electron chi connectivity index (χ0n) is 23.5. The summed E-state index contributed by atoms with van der Waals surface area (Å²) in [5.74, 6) is -0.0955.